The fourth-order valence-electron chi connectivity index (χ4n) is 2.81. The Balaban J connectivity index is 1.56. The Morgan fingerprint density at radius 1 is 1.21 bits per heavy atom. The molecule has 0 spiro atoms. The normalized spacial score (nSPS) is 15.6. The molecule has 0 aliphatic carbocycles. The molecular weight excluding hydrogens is 316 g/mol. The van der Waals surface area contributed by atoms with Gasteiger partial charge < -0.3 is 9.64 Å². The van der Waals surface area contributed by atoms with E-state index in [1.165, 1.54) is 12.5 Å². The van der Waals surface area contributed by atoms with Crippen LogP contribution < -0.4 is 9.64 Å². The highest BCUT2D eigenvalue weighted by molar-refractivity contribution is 5.38. The molecule has 3 heterocycles. The monoisotopic (exact) mass is 335 g/mol. The molecule has 1 fully saturated rings. The molecule has 0 unspecified atom stereocenters. The molecule has 3 rings (SSSR count). The summed E-state index contributed by atoms with van der Waals surface area (Å²) in [5, 5.41) is 0. The fraction of sp³-hybridized carbons (Fsp3) is 0.500. The molecule has 0 amide bonds. The summed E-state index contributed by atoms with van der Waals surface area (Å²) in [6.45, 7) is 5.02. The topological polar surface area (TPSA) is 64.0 Å². The predicted octanol–water partition coefficient (Wildman–Crippen LogP) is 2.46. The van der Waals surface area contributed by atoms with Crippen LogP contribution in [0.15, 0.2) is 12.5 Å². The molecule has 1 aliphatic rings. The van der Waals surface area contributed by atoms with E-state index in [1.54, 1.807) is 13.8 Å². The Bertz CT molecular complexity index is 720. The van der Waals surface area contributed by atoms with E-state index in [0.29, 0.717) is 31.3 Å². The third-order valence-electron chi connectivity index (χ3n) is 4.12. The summed E-state index contributed by atoms with van der Waals surface area (Å²) in [5.41, 5.74) is 0.284. The second kappa shape index (κ2) is 7.02. The SMILES string of the molecule is Cc1nc(C)c(F)c(OCC2CCN(c3ncncc3F)CC2)n1. The lowest BCUT2D eigenvalue weighted by Gasteiger charge is -2.32. The van der Waals surface area contributed by atoms with Crippen LogP contribution in [-0.2, 0) is 0 Å². The third kappa shape index (κ3) is 3.58. The number of rotatable bonds is 4. The molecule has 6 nitrogen and oxygen atoms in total. The van der Waals surface area contributed by atoms with Gasteiger partial charge in [0.2, 0.25) is 5.82 Å². The average molecular weight is 335 g/mol. The summed E-state index contributed by atoms with van der Waals surface area (Å²) in [7, 11) is 0. The van der Waals surface area contributed by atoms with Crippen LogP contribution in [0.3, 0.4) is 0 Å². The minimum Gasteiger partial charge on any atom is -0.475 e. The Hall–Kier alpha value is -2.38. The lowest BCUT2D eigenvalue weighted by atomic mass is 9.98. The van der Waals surface area contributed by atoms with Crippen LogP contribution in [0.2, 0.25) is 0 Å². The van der Waals surface area contributed by atoms with Crippen molar-refractivity contribution in [1.82, 2.24) is 19.9 Å². The van der Waals surface area contributed by atoms with E-state index in [2.05, 4.69) is 19.9 Å². The van der Waals surface area contributed by atoms with Crippen molar-refractivity contribution in [3.05, 3.63) is 35.7 Å². The third-order valence-corrected chi connectivity index (χ3v) is 4.12. The number of nitrogens with zero attached hydrogens (tertiary/aromatic N) is 5. The molecule has 1 saturated heterocycles. The molecule has 2 aromatic heterocycles. The number of aryl methyl sites for hydroxylation is 2. The predicted molar refractivity (Wildman–Crippen MR) is 83.9 cm³/mol. The molecule has 0 atom stereocenters. The summed E-state index contributed by atoms with van der Waals surface area (Å²) < 4.78 is 33.2. The van der Waals surface area contributed by atoms with Gasteiger partial charge in [-0.25, -0.2) is 19.3 Å². The van der Waals surface area contributed by atoms with E-state index in [1.807, 2.05) is 4.90 Å². The minimum atomic E-state index is -0.513. The molecule has 1 aliphatic heterocycles. The van der Waals surface area contributed by atoms with Gasteiger partial charge in [-0.3, -0.25) is 0 Å². The average Bonchev–Trinajstić information content (AvgIpc) is 2.58. The highest BCUT2D eigenvalue weighted by atomic mass is 19.1. The smallest absolute Gasteiger partial charge is 0.254 e. The van der Waals surface area contributed by atoms with Gasteiger partial charge in [0.05, 0.1) is 18.5 Å². The molecule has 2 aromatic rings. The van der Waals surface area contributed by atoms with E-state index in [0.717, 1.165) is 12.8 Å². The summed E-state index contributed by atoms with van der Waals surface area (Å²) in [6.07, 6.45) is 4.14. The Morgan fingerprint density at radius 2 is 1.96 bits per heavy atom. The van der Waals surface area contributed by atoms with Crippen LogP contribution in [0.4, 0.5) is 14.6 Å². The van der Waals surface area contributed by atoms with Crippen LogP contribution in [0.1, 0.15) is 24.4 Å². The number of halogens is 2. The number of piperidine rings is 1. The Morgan fingerprint density at radius 3 is 2.67 bits per heavy atom. The van der Waals surface area contributed by atoms with Crippen LogP contribution in [0.5, 0.6) is 5.88 Å². The Kier molecular flexibility index (Phi) is 4.82. The second-order valence-electron chi connectivity index (χ2n) is 5.91. The molecule has 128 valence electrons. The van der Waals surface area contributed by atoms with Crippen molar-refractivity contribution in [2.24, 2.45) is 5.92 Å². The standard InChI is InChI=1S/C16H19F2N5O/c1-10-14(18)16(22-11(2)21-10)24-8-12-3-5-23(6-4-12)15-13(17)7-19-9-20-15/h7,9,12H,3-6,8H2,1-2H3. The molecular formula is C16H19F2N5O. The summed E-state index contributed by atoms with van der Waals surface area (Å²) in [6, 6.07) is 0. The maximum Gasteiger partial charge on any atom is 0.254 e. The van der Waals surface area contributed by atoms with E-state index in [4.69, 9.17) is 4.74 Å². The van der Waals surface area contributed by atoms with Gasteiger partial charge >= 0.3 is 0 Å². The number of hydrogen-bond donors (Lipinski definition) is 0. The first kappa shape index (κ1) is 16.5. The largest absolute Gasteiger partial charge is 0.475 e. The van der Waals surface area contributed by atoms with Crippen LogP contribution in [-0.4, -0.2) is 39.6 Å². The number of ether oxygens (including phenoxy) is 1. The van der Waals surface area contributed by atoms with Crippen molar-refractivity contribution >= 4 is 5.82 Å². The molecule has 0 N–H and O–H groups in total. The molecule has 0 radical (unpaired) electrons. The lowest BCUT2D eigenvalue weighted by Crippen LogP contribution is -2.36. The first-order valence-electron chi connectivity index (χ1n) is 7.88. The van der Waals surface area contributed by atoms with Gasteiger partial charge in [0.25, 0.3) is 5.88 Å². The van der Waals surface area contributed by atoms with Gasteiger partial charge in [-0.2, -0.15) is 9.37 Å². The Labute approximate surface area is 138 Å². The minimum absolute atomic E-state index is 0.00396. The lowest BCUT2D eigenvalue weighted by molar-refractivity contribution is 0.206. The van der Waals surface area contributed by atoms with Gasteiger partial charge in [-0.15, -0.1) is 0 Å². The van der Waals surface area contributed by atoms with Crippen LogP contribution >= 0.6 is 0 Å². The van der Waals surface area contributed by atoms with Gasteiger partial charge in [0.15, 0.2) is 11.6 Å². The number of anilines is 1. The fourth-order valence-corrected chi connectivity index (χ4v) is 2.81. The van der Waals surface area contributed by atoms with Crippen molar-refractivity contribution in [3.8, 4) is 5.88 Å². The maximum atomic E-state index is 13.9. The van der Waals surface area contributed by atoms with Crippen LogP contribution in [0, 0.1) is 31.4 Å². The molecule has 0 bridgehead atoms. The van der Waals surface area contributed by atoms with Crippen molar-refractivity contribution in [2.45, 2.75) is 26.7 Å². The zero-order chi connectivity index (χ0) is 17.1. The molecule has 24 heavy (non-hydrogen) atoms. The quantitative estimate of drug-likeness (QED) is 0.855. The van der Waals surface area contributed by atoms with E-state index in [9.17, 15) is 8.78 Å². The maximum absolute atomic E-state index is 13.9. The first-order chi connectivity index (χ1) is 11.5. The molecule has 8 heteroatoms. The second-order valence-corrected chi connectivity index (χ2v) is 5.91. The van der Waals surface area contributed by atoms with Gasteiger partial charge in [0, 0.05) is 13.1 Å². The van der Waals surface area contributed by atoms with Gasteiger partial charge in [0.1, 0.15) is 12.2 Å². The number of hydrogen-bond acceptors (Lipinski definition) is 6. The van der Waals surface area contributed by atoms with E-state index >= 15 is 0 Å². The zero-order valence-corrected chi connectivity index (χ0v) is 13.7. The van der Waals surface area contributed by atoms with Crippen molar-refractivity contribution in [3.63, 3.8) is 0 Å². The first-order valence-corrected chi connectivity index (χ1v) is 7.88. The molecule has 0 saturated carbocycles. The zero-order valence-electron chi connectivity index (χ0n) is 13.7. The summed E-state index contributed by atoms with van der Waals surface area (Å²) in [5.74, 6) is 0.156. The van der Waals surface area contributed by atoms with Crippen molar-refractivity contribution < 1.29 is 13.5 Å². The molecule has 0 aromatic carbocycles. The highest BCUT2D eigenvalue weighted by Crippen LogP contribution is 2.24. The summed E-state index contributed by atoms with van der Waals surface area (Å²) in [4.78, 5) is 17.5. The van der Waals surface area contributed by atoms with Gasteiger partial charge in [-0.1, -0.05) is 0 Å². The number of aromatic nitrogens is 4. The van der Waals surface area contributed by atoms with Crippen molar-refractivity contribution in [2.75, 3.05) is 24.6 Å². The van der Waals surface area contributed by atoms with Crippen molar-refractivity contribution in [1.29, 1.82) is 0 Å². The van der Waals surface area contributed by atoms with E-state index < -0.39 is 11.6 Å². The van der Waals surface area contributed by atoms with Crippen LogP contribution in [0.25, 0.3) is 0 Å². The van der Waals surface area contributed by atoms with E-state index in [-0.39, 0.29) is 17.5 Å². The highest BCUT2D eigenvalue weighted by Gasteiger charge is 2.23. The van der Waals surface area contributed by atoms with Gasteiger partial charge in [-0.05, 0) is 32.6 Å². The summed E-state index contributed by atoms with van der Waals surface area (Å²) >= 11 is 0.